The monoisotopic (exact) mass is 312 g/mol. The summed E-state index contributed by atoms with van der Waals surface area (Å²) >= 11 is 0. The lowest BCUT2D eigenvalue weighted by atomic mass is 9.95. The Morgan fingerprint density at radius 1 is 1.23 bits per heavy atom. The molecular weight excluding hydrogens is 280 g/mol. The quantitative estimate of drug-likeness (QED) is 0.491. The minimum absolute atomic E-state index is 0.00453. The van der Waals surface area contributed by atoms with Gasteiger partial charge in [0, 0.05) is 26.2 Å². The largest absolute Gasteiger partial charge is 0.377 e. The topological polar surface area (TPSA) is 74.8 Å². The van der Waals surface area contributed by atoms with Crippen LogP contribution in [-0.4, -0.2) is 50.3 Å². The van der Waals surface area contributed by atoms with Crippen molar-refractivity contribution in [2.75, 3.05) is 26.7 Å². The summed E-state index contributed by atoms with van der Waals surface area (Å²) in [7, 11) is 1.68. The normalized spacial score (nSPS) is 17.2. The highest BCUT2D eigenvalue weighted by atomic mass is 16.5. The smallest absolute Gasteiger partial charge is 0.242 e. The maximum Gasteiger partial charge on any atom is 0.242 e. The molecule has 3 N–H and O–H groups in total. The SMILES string of the molecule is CCNC(=NCC(=O)NC1CCCCC1)NCC(C)(C)OC. The number of amides is 1. The zero-order valence-corrected chi connectivity index (χ0v) is 14.5. The molecule has 1 fully saturated rings. The number of hydrogen-bond acceptors (Lipinski definition) is 3. The van der Waals surface area contributed by atoms with Crippen molar-refractivity contribution >= 4 is 11.9 Å². The first-order valence-electron chi connectivity index (χ1n) is 8.33. The number of guanidine groups is 1. The molecule has 1 amide bonds. The Morgan fingerprint density at radius 3 is 2.50 bits per heavy atom. The minimum atomic E-state index is -0.277. The van der Waals surface area contributed by atoms with Gasteiger partial charge >= 0.3 is 0 Å². The summed E-state index contributed by atoms with van der Waals surface area (Å²) in [4.78, 5) is 16.3. The third kappa shape index (κ3) is 7.64. The van der Waals surface area contributed by atoms with Crippen molar-refractivity contribution in [3.8, 4) is 0 Å². The van der Waals surface area contributed by atoms with Gasteiger partial charge in [-0.25, -0.2) is 4.99 Å². The van der Waals surface area contributed by atoms with Crippen molar-refractivity contribution in [1.29, 1.82) is 0 Å². The molecule has 128 valence electrons. The molecule has 0 bridgehead atoms. The van der Waals surface area contributed by atoms with E-state index in [1.807, 2.05) is 20.8 Å². The summed E-state index contributed by atoms with van der Waals surface area (Å²) in [5.74, 6) is 0.640. The van der Waals surface area contributed by atoms with Crippen molar-refractivity contribution in [3.63, 3.8) is 0 Å². The van der Waals surface area contributed by atoms with Crippen LogP contribution in [0.5, 0.6) is 0 Å². The third-order valence-corrected chi connectivity index (χ3v) is 3.93. The first kappa shape index (κ1) is 18.7. The first-order valence-corrected chi connectivity index (χ1v) is 8.33. The number of aliphatic imine (C=N–C) groups is 1. The van der Waals surface area contributed by atoms with Crippen LogP contribution in [0.15, 0.2) is 4.99 Å². The second-order valence-electron chi connectivity index (χ2n) is 6.41. The number of carbonyl (C=O) groups excluding carboxylic acids is 1. The van der Waals surface area contributed by atoms with E-state index in [0.29, 0.717) is 18.5 Å². The van der Waals surface area contributed by atoms with Gasteiger partial charge in [0.15, 0.2) is 5.96 Å². The van der Waals surface area contributed by atoms with Crippen LogP contribution in [0.4, 0.5) is 0 Å². The molecule has 1 aliphatic carbocycles. The predicted octanol–water partition coefficient (Wildman–Crippen LogP) is 1.42. The second-order valence-corrected chi connectivity index (χ2v) is 6.41. The van der Waals surface area contributed by atoms with Crippen molar-refractivity contribution in [2.24, 2.45) is 4.99 Å². The highest BCUT2D eigenvalue weighted by molar-refractivity contribution is 5.85. The van der Waals surface area contributed by atoms with Gasteiger partial charge in [0.25, 0.3) is 0 Å². The lowest BCUT2D eigenvalue weighted by Crippen LogP contribution is -2.46. The molecule has 0 aromatic heterocycles. The molecule has 0 radical (unpaired) electrons. The third-order valence-electron chi connectivity index (χ3n) is 3.93. The molecule has 1 saturated carbocycles. The van der Waals surface area contributed by atoms with Crippen molar-refractivity contribution in [3.05, 3.63) is 0 Å². The standard InChI is InChI=1S/C16H32N4O2/c1-5-17-15(19-12-16(2,3)22-4)18-11-14(21)20-13-9-7-6-8-10-13/h13H,5-12H2,1-4H3,(H,20,21)(H2,17,18,19). The van der Waals surface area contributed by atoms with Gasteiger partial charge in [-0.05, 0) is 33.6 Å². The van der Waals surface area contributed by atoms with Crippen LogP contribution < -0.4 is 16.0 Å². The summed E-state index contributed by atoms with van der Waals surface area (Å²) in [6.07, 6.45) is 5.90. The molecular formula is C16H32N4O2. The average molecular weight is 312 g/mol. The maximum absolute atomic E-state index is 12.0. The van der Waals surface area contributed by atoms with Crippen LogP contribution in [0.25, 0.3) is 0 Å². The molecule has 0 aromatic carbocycles. The number of ether oxygens (including phenoxy) is 1. The van der Waals surface area contributed by atoms with Crippen LogP contribution in [0.2, 0.25) is 0 Å². The van der Waals surface area contributed by atoms with Gasteiger partial charge in [-0.2, -0.15) is 0 Å². The molecule has 0 saturated heterocycles. The van der Waals surface area contributed by atoms with E-state index in [9.17, 15) is 4.79 Å². The van der Waals surface area contributed by atoms with Gasteiger partial charge in [0.1, 0.15) is 6.54 Å². The van der Waals surface area contributed by atoms with Gasteiger partial charge in [-0.15, -0.1) is 0 Å². The molecule has 0 aromatic rings. The zero-order valence-electron chi connectivity index (χ0n) is 14.5. The fraction of sp³-hybridized carbons (Fsp3) is 0.875. The van der Waals surface area contributed by atoms with E-state index in [1.54, 1.807) is 7.11 Å². The van der Waals surface area contributed by atoms with Gasteiger partial charge in [0.05, 0.1) is 5.60 Å². The number of methoxy groups -OCH3 is 1. The van der Waals surface area contributed by atoms with E-state index < -0.39 is 0 Å². The van der Waals surface area contributed by atoms with Gasteiger partial charge in [-0.3, -0.25) is 4.79 Å². The number of carbonyl (C=O) groups is 1. The van der Waals surface area contributed by atoms with Gasteiger partial charge in [0.2, 0.25) is 5.91 Å². The van der Waals surface area contributed by atoms with Crippen molar-refractivity contribution in [1.82, 2.24) is 16.0 Å². The van der Waals surface area contributed by atoms with Crippen LogP contribution in [-0.2, 0) is 9.53 Å². The van der Waals surface area contributed by atoms with E-state index in [2.05, 4.69) is 20.9 Å². The Hall–Kier alpha value is -1.30. The molecule has 0 unspecified atom stereocenters. The summed E-state index contributed by atoms with van der Waals surface area (Å²) in [6, 6.07) is 0.333. The van der Waals surface area contributed by atoms with E-state index >= 15 is 0 Å². The van der Waals surface area contributed by atoms with Crippen LogP contribution in [0, 0.1) is 0 Å². The maximum atomic E-state index is 12.0. The molecule has 0 aliphatic heterocycles. The Morgan fingerprint density at radius 2 is 1.91 bits per heavy atom. The van der Waals surface area contributed by atoms with Crippen LogP contribution >= 0.6 is 0 Å². The molecule has 1 aliphatic rings. The van der Waals surface area contributed by atoms with Crippen molar-refractivity contribution < 1.29 is 9.53 Å². The summed E-state index contributed by atoms with van der Waals surface area (Å²) in [5.41, 5.74) is -0.277. The van der Waals surface area contributed by atoms with Crippen LogP contribution in [0.3, 0.4) is 0 Å². The van der Waals surface area contributed by atoms with Crippen molar-refractivity contribution in [2.45, 2.75) is 64.5 Å². The Balaban J connectivity index is 2.41. The zero-order chi connectivity index (χ0) is 16.4. The number of nitrogens with zero attached hydrogens (tertiary/aromatic N) is 1. The van der Waals surface area contributed by atoms with E-state index in [0.717, 1.165) is 19.4 Å². The van der Waals surface area contributed by atoms with E-state index in [-0.39, 0.29) is 18.1 Å². The fourth-order valence-corrected chi connectivity index (χ4v) is 2.38. The van der Waals surface area contributed by atoms with Crippen LogP contribution in [0.1, 0.15) is 52.9 Å². The summed E-state index contributed by atoms with van der Waals surface area (Å²) in [6.45, 7) is 7.53. The molecule has 0 spiro atoms. The van der Waals surface area contributed by atoms with Gasteiger partial charge < -0.3 is 20.7 Å². The molecule has 1 rings (SSSR count). The number of nitrogens with one attached hydrogen (secondary N) is 3. The van der Waals surface area contributed by atoms with Gasteiger partial charge in [-0.1, -0.05) is 19.3 Å². The molecule has 22 heavy (non-hydrogen) atoms. The summed E-state index contributed by atoms with van der Waals surface area (Å²) < 4.78 is 5.37. The van der Waals surface area contributed by atoms with E-state index in [4.69, 9.17) is 4.74 Å². The highest BCUT2D eigenvalue weighted by Gasteiger charge is 2.17. The molecule has 6 nitrogen and oxygen atoms in total. The first-order chi connectivity index (χ1) is 10.5. The number of hydrogen-bond donors (Lipinski definition) is 3. The lowest BCUT2D eigenvalue weighted by Gasteiger charge is -2.24. The Labute approximate surface area is 134 Å². The summed E-state index contributed by atoms with van der Waals surface area (Å²) in [5, 5.41) is 9.42. The second kappa shape index (κ2) is 9.66. The predicted molar refractivity (Wildman–Crippen MR) is 90.1 cm³/mol. The number of rotatable bonds is 7. The molecule has 0 heterocycles. The average Bonchev–Trinajstić information content (AvgIpc) is 2.51. The lowest BCUT2D eigenvalue weighted by molar-refractivity contribution is -0.120. The highest BCUT2D eigenvalue weighted by Crippen LogP contribution is 2.17. The minimum Gasteiger partial charge on any atom is -0.377 e. The Bertz CT molecular complexity index is 363. The fourth-order valence-electron chi connectivity index (χ4n) is 2.38. The van der Waals surface area contributed by atoms with E-state index in [1.165, 1.54) is 19.3 Å². The molecule has 6 heteroatoms. The Kier molecular flexibility index (Phi) is 8.24. The molecule has 0 atom stereocenters.